The van der Waals surface area contributed by atoms with Gasteiger partial charge in [-0.15, -0.1) is 0 Å². The number of nitrogens with zero attached hydrogens (tertiary/aromatic N) is 6. The number of aliphatic imine (C=N–C) groups is 1. The lowest BCUT2D eigenvalue weighted by Crippen LogP contribution is -2.42. The second-order valence-corrected chi connectivity index (χ2v) is 19.1. The molecule has 2 aromatic carbocycles. The molecule has 3 aliphatic rings. The number of aryl methyl sites for hydroxylation is 2. The third-order valence-electron chi connectivity index (χ3n) is 12.8. The van der Waals surface area contributed by atoms with Crippen molar-refractivity contribution < 1.29 is 66.8 Å². The van der Waals surface area contributed by atoms with E-state index in [0.717, 1.165) is 33.8 Å². The maximum absolute atomic E-state index is 13.3. The predicted molar refractivity (Wildman–Crippen MR) is 290 cm³/mol. The number of anilines is 2. The SMILES string of the molecule is C=C1C[C@H]2C=Nc3cc(OCCCC(=O)Nc4cn(C)c(C(=O)Nc5ccc(-c6cc(C(=O)NC[C@H](C)OC(=O)C(C)NC(=O)CCOCCOCCNC(=O)CCN7C(=O)C=CC7=O)n(C)c6)cc5)n4)c(OC)cc3C(=O)N2C1. The molecule has 424 valence electrons. The van der Waals surface area contributed by atoms with Crippen molar-refractivity contribution in [1.82, 2.24) is 39.9 Å². The van der Waals surface area contributed by atoms with E-state index in [4.69, 9.17) is 23.7 Å². The monoisotopic (exact) mass is 1100 g/mol. The van der Waals surface area contributed by atoms with Crippen LogP contribution in [0.5, 0.6) is 11.5 Å². The van der Waals surface area contributed by atoms with E-state index in [0.29, 0.717) is 53.5 Å². The molecule has 0 saturated carbocycles. The van der Waals surface area contributed by atoms with E-state index >= 15 is 0 Å². The van der Waals surface area contributed by atoms with Crippen LogP contribution >= 0.6 is 0 Å². The first-order chi connectivity index (χ1) is 38.4. The van der Waals surface area contributed by atoms with Crippen LogP contribution in [0.15, 0.2) is 84.2 Å². The largest absolute Gasteiger partial charge is 0.493 e. The first-order valence-corrected chi connectivity index (χ1v) is 25.9. The molecule has 0 spiro atoms. The minimum atomic E-state index is -0.966. The Morgan fingerprint density at radius 1 is 0.775 bits per heavy atom. The molecule has 1 unspecified atom stereocenters. The number of ether oxygens (including phenoxy) is 5. The summed E-state index contributed by atoms with van der Waals surface area (Å²) >= 11 is 0. The van der Waals surface area contributed by atoms with Gasteiger partial charge in [-0.05, 0) is 56.5 Å². The van der Waals surface area contributed by atoms with Crippen LogP contribution in [0, 0.1) is 0 Å². The van der Waals surface area contributed by atoms with Crippen LogP contribution in [0.25, 0.3) is 11.1 Å². The molecule has 5 heterocycles. The molecule has 8 amide bonds. The molecule has 25 heteroatoms. The van der Waals surface area contributed by atoms with Gasteiger partial charge in [0.25, 0.3) is 29.5 Å². The molecule has 0 aliphatic carbocycles. The summed E-state index contributed by atoms with van der Waals surface area (Å²) in [5.74, 6) is -2.74. The summed E-state index contributed by atoms with van der Waals surface area (Å²) in [5.41, 5.74) is 4.16. The molecule has 2 aromatic heterocycles. The smallest absolute Gasteiger partial charge is 0.328 e. The minimum Gasteiger partial charge on any atom is -0.493 e. The number of benzene rings is 2. The van der Waals surface area contributed by atoms with Crippen molar-refractivity contribution in [3.63, 3.8) is 0 Å². The number of hydrogen-bond acceptors (Lipinski definition) is 16. The lowest BCUT2D eigenvalue weighted by Gasteiger charge is -2.20. The fourth-order valence-electron chi connectivity index (χ4n) is 8.59. The Morgan fingerprint density at radius 3 is 2.25 bits per heavy atom. The van der Waals surface area contributed by atoms with Crippen LogP contribution in [-0.2, 0) is 57.1 Å². The summed E-state index contributed by atoms with van der Waals surface area (Å²) in [6, 6.07) is 10.9. The number of aromatic nitrogens is 3. The molecule has 25 nitrogen and oxygen atoms in total. The van der Waals surface area contributed by atoms with Gasteiger partial charge in [-0.1, -0.05) is 24.3 Å². The van der Waals surface area contributed by atoms with Gasteiger partial charge in [0.1, 0.15) is 17.8 Å². The predicted octanol–water partition coefficient (Wildman–Crippen LogP) is 2.99. The van der Waals surface area contributed by atoms with E-state index < -0.39 is 47.7 Å². The van der Waals surface area contributed by atoms with Crippen molar-refractivity contribution in [2.45, 2.75) is 64.1 Å². The molecular weight excluding hydrogens is 1040 g/mol. The van der Waals surface area contributed by atoms with E-state index in [-0.39, 0.29) is 107 Å². The highest BCUT2D eigenvalue weighted by atomic mass is 16.5. The molecule has 5 N–H and O–H groups in total. The molecule has 3 aliphatic heterocycles. The normalized spacial score (nSPS) is 15.2. The second kappa shape index (κ2) is 27.6. The number of carbonyl (C=O) groups is 9. The number of nitrogens with one attached hydrogen (secondary N) is 5. The van der Waals surface area contributed by atoms with Crippen LogP contribution in [0.4, 0.5) is 17.2 Å². The van der Waals surface area contributed by atoms with Crippen molar-refractivity contribution in [3.05, 3.63) is 96.2 Å². The van der Waals surface area contributed by atoms with E-state index in [1.54, 1.807) is 85.4 Å². The van der Waals surface area contributed by atoms with Gasteiger partial charge in [0, 0.05) is 101 Å². The Balaban J connectivity index is 0.756. The van der Waals surface area contributed by atoms with Crippen LogP contribution in [-0.4, -0.2) is 168 Å². The zero-order valence-corrected chi connectivity index (χ0v) is 45.2. The summed E-state index contributed by atoms with van der Waals surface area (Å²) in [6.07, 6.45) is 7.71. The van der Waals surface area contributed by atoms with Gasteiger partial charge in [0.05, 0.1) is 64.0 Å². The van der Waals surface area contributed by atoms with E-state index in [2.05, 4.69) is 43.1 Å². The van der Waals surface area contributed by atoms with Crippen molar-refractivity contribution >= 4 is 76.6 Å². The summed E-state index contributed by atoms with van der Waals surface area (Å²) in [7, 11) is 4.83. The van der Waals surface area contributed by atoms with Crippen molar-refractivity contribution in [2.75, 3.05) is 77.0 Å². The lowest BCUT2D eigenvalue weighted by atomic mass is 10.1. The number of rotatable bonds is 28. The van der Waals surface area contributed by atoms with Gasteiger partial charge in [-0.2, -0.15) is 0 Å². The first-order valence-electron chi connectivity index (χ1n) is 25.9. The number of fused-ring (bicyclic) bond motifs is 2. The van der Waals surface area contributed by atoms with Gasteiger partial charge in [0.15, 0.2) is 17.3 Å². The molecule has 7 rings (SSSR count). The highest BCUT2D eigenvalue weighted by Gasteiger charge is 2.34. The van der Waals surface area contributed by atoms with Gasteiger partial charge in [0.2, 0.25) is 23.5 Å². The fraction of sp³-hybridized carbons (Fsp3) is 0.400. The Labute approximate surface area is 461 Å². The molecule has 80 heavy (non-hydrogen) atoms. The van der Waals surface area contributed by atoms with E-state index in [1.807, 2.05) is 0 Å². The Kier molecular flexibility index (Phi) is 20.2. The number of imidazole rings is 1. The number of esters is 1. The maximum Gasteiger partial charge on any atom is 0.328 e. The average Bonchev–Trinajstić information content (AvgIpc) is 4.20. The second-order valence-electron chi connectivity index (χ2n) is 19.1. The van der Waals surface area contributed by atoms with Gasteiger partial charge in [-0.3, -0.25) is 48.2 Å². The first kappa shape index (κ1) is 58.7. The van der Waals surface area contributed by atoms with Crippen molar-refractivity contribution in [1.29, 1.82) is 0 Å². The Hall–Kier alpha value is -8.97. The van der Waals surface area contributed by atoms with Crippen LogP contribution < -0.4 is 36.1 Å². The number of imide groups is 1. The highest BCUT2D eigenvalue weighted by molar-refractivity contribution is 6.13. The average molecular weight is 1100 g/mol. The molecule has 0 radical (unpaired) electrons. The Morgan fingerprint density at radius 2 is 1.51 bits per heavy atom. The van der Waals surface area contributed by atoms with Crippen molar-refractivity contribution in [3.8, 4) is 22.6 Å². The van der Waals surface area contributed by atoms with Gasteiger partial charge in [-0.25, -0.2) is 9.78 Å². The minimum absolute atomic E-state index is 0.00398. The summed E-state index contributed by atoms with van der Waals surface area (Å²) in [5, 5.41) is 13.5. The molecule has 0 bridgehead atoms. The van der Waals surface area contributed by atoms with Gasteiger partial charge >= 0.3 is 5.97 Å². The quantitative estimate of drug-likeness (QED) is 0.0236. The third-order valence-corrected chi connectivity index (χ3v) is 12.8. The topological polar surface area (TPSA) is 302 Å². The summed E-state index contributed by atoms with van der Waals surface area (Å²) < 4.78 is 30.9. The molecule has 1 fully saturated rings. The summed E-state index contributed by atoms with van der Waals surface area (Å²) in [6.45, 7) is 8.64. The van der Waals surface area contributed by atoms with Gasteiger partial charge < -0.3 is 64.3 Å². The number of carbonyl (C=O) groups excluding carboxylic acids is 9. The molecular formula is C55H65N11O14. The van der Waals surface area contributed by atoms with Crippen LogP contribution in [0.1, 0.15) is 77.4 Å². The Bertz CT molecular complexity index is 3050. The maximum atomic E-state index is 13.3. The third kappa shape index (κ3) is 15.8. The number of hydrogen-bond donors (Lipinski definition) is 5. The molecule has 1 saturated heterocycles. The fourth-order valence-corrected chi connectivity index (χ4v) is 8.59. The summed E-state index contributed by atoms with van der Waals surface area (Å²) in [4.78, 5) is 124. The molecule has 3 atom stereocenters. The lowest BCUT2D eigenvalue weighted by molar-refractivity contribution is -0.151. The van der Waals surface area contributed by atoms with Crippen molar-refractivity contribution in [2.24, 2.45) is 19.1 Å². The molecule has 4 aromatic rings. The zero-order valence-electron chi connectivity index (χ0n) is 45.2. The zero-order chi connectivity index (χ0) is 57.5. The van der Waals surface area contributed by atoms with Crippen LogP contribution in [0.2, 0.25) is 0 Å². The number of methoxy groups -OCH3 is 1. The van der Waals surface area contributed by atoms with Crippen LogP contribution in [0.3, 0.4) is 0 Å². The highest BCUT2D eigenvalue weighted by Crippen LogP contribution is 2.38. The number of amides is 8. The van der Waals surface area contributed by atoms with E-state index in [1.165, 1.54) is 24.8 Å². The van der Waals surface area contributed by atoms with E-state index in [9.17, 15) is 43.2 Å². The standard InChI is InChI=1S/C55H65N11O14/c1-33-24-39-29-57-41-27-44(43(76-6)26-40(41)54(74)66(39)30-33)79-19-7-8-47(68)61-45-32-64(5)51(62-45)53(73)60-38-11-9-36(10-12-38)37-25-42(63(4)31-37)52(72)58-28-34(2)80-55(75)35(3)59-48(69)16-20-77-22-23-78-21-17-56-46(67)15-18-65-49(70)13-14-50(65)71/h9-14,25-27,29,31-32,34-35,39H,1,7-8,15-24,28,30H2,2-6H3,(H,56,67)(H,58,72)(H,59,69)(H,60,73)(H,61,68)/t34-,35?,39-/m0/s1.